The normalized spacial score (nSPS) is 28.4. The van der Waals surface area contributed by atoms with Gasteiger partial charge in [0.2, 0.25) is 0 Å². The molecule has 2 aliphatic heterocycles. The second-order valence-corrected chi connectivity index (χ2v) is 6.14. The number of fused-ring (bicyclic) bond motifs is 3. The lowest BCUT2D eigenvalue weighted by Gasteiger charge is -2.32. The summed E-state index contributed by atoms with van der Waals surface area (Å²) in [7, 11) is 4.30. The van der Waals surface area contributed by atoms with E-state index in [9.17, 15) is 4.79 Å². The van der Waals surface area contributed by atoms with E-state index in [0.717, 1.165) is 18.5 Å². The number of carboxylic acid groups (broad SMARTS) is 1. The van der Waals surface area contributed by atoms with Gasteiger partial charge in [-0.2, -0.15) is 0 Å². The third kappa shape index (κ3) is 1.77. The maximum atomic E-state index is 10.6. The van der Waals surface area contributed by atoms with Crippen LogP contribution in [0.2, 0.25) is 0 Å². The zero-order valence-electron chi connectivity index (χ0n) is 12.2. The molecule has 2 N–H and O–H groups in total. The van der Waals surface area contributed by atoms with E-state index in [2.05, 4.69) is 48.3 Å². The highest BCUT2D eigenvalue weighted by atomic mass is 16.4. The van der Waals surface area contributed by atoms with Gasteiger partial charge in [-0.1, -0.05) is 19.1 Å². The van der Waals surface area contributed by atoms with Gasteiger partial charge in [0.05, 0.1) is 6.17 Å². The van der Waals surface area contributed by atoms with Gasteiger partial charge in [-0.3, -0.25) is 4.90 Å². The Labute approximate surface area is 119 Å². The van der Waals surface area contributed by atoms with Gasteiger partial charge in [-0.05, 0) is 30.7 Å². The van der Waals surface area contributed by atoms with Crippen molar-refractivity contribution < 1.29 is 9.90 Å². The molecule has 1 amide bonds. The van der Waals surface area contributed by atoms with Crippen LogP contribution >= 0.6 is 0 Å². The lowest BCUT2D eigenvalue weighted by Crippen LogP contribution is -2.45. The molecule has 108 valence electrons. The molecular formula is C15H21N3O2. The van der Waals surface area contributed by atoms with Gasteiger partial charge in [-0.15, -0.1) is 0 Å². The molecule has 0 radical (unpaired) electrons. The fourth-order valence-corrected chi connectivity index (χ4v) is 3.91. The first-order chi connectivity index (χ1) is 9.43. The second-order valence-electron chi connectivity index (χ2n) is 6.14. The fraction of sp³-hybridized carbons (Fsp3) is 0.533. The number of hydrogen-bond donors (Lipinski definition) is 2. The number of carbonyl (C=O) groups is 1. The number of likely N-dealkylation sites (tertiary alicyclic amines) is 1. The van der Waals surface area contributed by atoms with Crippen molar-refractivity contribution in [1.29, 1.82) is 0 Å². The number of likely N-dealkylation sites (N-methyl/N-ethyl adjacent to an activating group) is 2. The molecule has 0 aromatic heterocycles. The van der Waals surface area contributed by atoms with Crippen molar-refractivity contribution in [3.05, 3.63) is 29.3 Å². The average Bonchev–Trinajstić information content (AvgIpc) is 2.82. The van der Waals surface area contributed by atoms with Crippen LogP contribution in [0.4, 0.5) is 10.5 Å². The Morgan fingerprint density at radius 2 is 2.25 bits per heavy atom. The Morgan fingerprint density at radius 3 is 2.95 bits per heavy atom. The third-order valence-electron chi connectivity index (χ3n) is 4.84. The molecule has 5 heteroatoms. The number of rotatable bonds is 2. The van der Waals surface area contributed by atoms with E-state index in [-0.39, 0.29) is 5.41 Å². The highest BCUT2D eigenvalue weighted by Gasteiger charge is 2.51. The molecule has 3 rings (SSSR count). The zero-order valence-corrected chi connectivity index (χ0v) is 12.2. The minimum Gasteiger partial charge on any atom is -0.465 e. The van der Waals surface area contributed by atoms with Gasteiger partial charge in [0, 0.05) is 31.2 Å². The van der Waals surface area contributed by atoms with E-state index in [1.54, 1.807) is 0 Å². The summed E-state index contributed by atoms with van der Waals surface area (Å²) in [5.41, 5.74) is 3.80. The number of benzene rings is 1. The van der Waals surface area contributed by atoms with Crippen molar-refractivity contribution in [3.63, 3.8) is 0 Å². The van der Waals surface area contributed by atoms with Crippen molar-refractivity contribution in [3.8, 4) is 0 Å². The lowest BCUT2D eigenvalue weighted by molar-refractivity contribution is 0.194. The van der Waals surface area contributed by atoms with E-state index in [4.69, 9.17) is 5.11 Å². The Balaban J connectivity index is 1.94. The largest absolute Gasteiger partial charge is 0.465 e. The summed E-state index contributed by atoms with van der Waals surface area (Å²) in [6.45, 7) is 3.81. The van der Waals surface area contributed by atoms with Crippen LogP contribution in [0.15, 0.2) is 18.2 Å². The Hall–Kier alpha value is -1.75. The smallest absolute Gasteiger partial charge is 0.404 e. The minimum absolute atomic E-state index is 0.178. The monoisotopic (exact) mass is 275 g/mol. The SMILES string of the molecule is CN1CC[C@@]2(C)c3ccc(CNC(=O)O)cc3N(C)[C@@H]12. The highest BCUT2D eigenvalue weighted by molar-refractivity contribution is 5.67. The zero-order chi connectivity index (χ0) is 14.5. The number of hydrogen-bond acceptors (Lipinski definition) is 3. The number of nitrogens with one attached hydrogen (secondary N) is 1. The topological polar surface area (TPSA) is 55.8 Å². The highest BCUT2D eigenvalue weighted by Crippen LogP contribution is 2.50. The summed E-state index contributed by atoms with van der Waals surface area (Å²) in [4.78, 5) is 15.3. The molecule has 1 aromatic rings. The van der Waals surface area contributed by atoms with Crippen LogP contribution in [0, 0.1) is 0 Å². The quantitative estimate of drug-likeness (QED) is 0.864. The Kier molecular flexibility index (Phi) is 2.90. The molecule has 2 heterocycles. The number of amides is 1. The number of nitrogens with zero attached hydrogens (tertiary/aromatic N) is 2. The molecule has 20 heavy (non-hydrogen) atoms. The summed E-state index contributed by atoms with van der Waals surface area (Å²) in [5.74, 6) is 0. The molecular weight excluding hydrogens is 254 g/mol. The molecule has 0 spiro atoms. The van der Waals surface area contributed by atoms with E-state index in [1.165, 1.54) is 11.3 Å². The standard InChI is InChI=1S/C15H21N3O2/c1-15-6-7-17(2)13(15)18(3)12-8-10(4-5-11(12)15)9-16-14(19)20/h4-5,8,13,16H,6-7,9H2,1-3H3,(H,19,20)/t13-,15+/m1/s1. The summed E-state index contributed by atoms with van der Waals surface area (Å²) < 4.78 is 0. The molecule has 1 aromatic carbocycles. The molecule has 1 fully saturated rings. The van der Waals surface area contributed by atoms with Crippen LogP contribution in [0.1, 0.15) is 24.5 Å². The lowest BCUT2D eigenvalue weighted by atomic mass is 9.81. The summed E-state index contributed by atoms with van der Waals surface area (Å²) in [6.07, 6.45) is 0.584. The molecule has 5 nitrogen and oxygen atoms in total. The number of anilines is 1. The van der Waals surface area contributed by atoms with E-state index in [0.29, 0.717) is 12.7 Å². The first kappa shape index (κ1) is 13.2. The molecule has 0 bridgehead atoms. The van der Waals surface area contributed by atoms with E-state index < -0.39 is 6.09 Å². The van der Waals surface area contributed by atoms with Gasteiger partial charge < -0.3 is 15.3 Å². The predicted octanol–water partition coefficient (Wildman–Crippen LogP) is 1.82. The van der Waals surface area contributed by atoms with Crippen molar-refractivity contribution >= 4 is 11.8 Å². The van der Waals surface area contributed by atoms with Crippen LogP contribution in [0.25, 0.3) is 0 Å². The van der Waals surface area contributed by atoms with E-state index >= 15 is 0 Å². The van der Waals surface area contributed by atoms with Gasteiger partial charge in [0.1, 0.15) is 0 Å². The first-order valence-electron chi connectivity index (χ1n) is 6.97. The third-order valence-corrected chi connectivity index (χ3v) is 4.84. The molecule has 1 saturated heterocycles. The molecule has 0 unspecified atom stereocenters. The predicted molar refractivity (Wildman–Crippen MR) is 78.1 cm³/mol. The van der Waals surface area contributed by atoms with Gasteiger partial charge in [0.25, 0.3) is 0 Å². The van der Waals surface area contributed by atoms with Gasteiger partial charge in [-0.25, -0.2) is 4.79 Å². The maximum absolute atomic E-state index is 10.6. The van der Waals surface area contributed by atoms with Crippen molar-refractivity contribution in [2.45, 2.75) is 31.5 Å². The van der Waals surface area contributed by atoms with Crippen LogP contribution in [-0.4, -0.2) is 42.9 Å². The van der Waals surface area contributed by atoms with Gasteiger partial charge >= 0.3 is 6.09 Å². The van der Waals surface area contributed by atoms with Crippen molar-refractivity contribution in [2.24, 2.45) is 0 Å². The molecule has 2 atom stereocenters. The van der Waals surface area contributed by atoms with Crippen LogP contribution < -0.4 is 10.2 Å². The summed E-state index contributed by atoms with van der Waals surface area (Å²) in [6, 6.07) is 6.32. The minimum atomic E-state index is -0.984. The fourth-order valence-electron chi connectivity index (χ4n) is 3.91. The average molecular weight is 275 g/mol. The Morgan fingerprint density at radius 1 is 1.50 bits per heavy atom. The van der Waals surface area contributed by atoms with Crippen LogP contribution in [0.5, 0.6) is 0 Å². The molecule has 0 aliphatic carbocycles. The second kappa shape index (κ2) is 4.38. The molecule has 2 aliphatic rings. The van der Waals surface area contributed by atoms with Crippen LogP contribution in [0.3, 0.4) is 0 Å². The van der Waals surface area contributed by atoms with E-state index in [1.807, 2.05) is 6.07 Å². The first-order valence-corrected chi connectivity index (χ1v) is 6.97. The van der Waals surface area contributed by atoms with Crippen molar-refractivity contribution in [1.82, 2.24) is 10.2 Å². The summed E-state index contributed by atoms with van der Waals surface area (Å²) in [5, 5.41) is 11.1. The summed E-state index contributed by atoms with van der Waals surface area (Å²) >= 11 is 0. The van der Waals surface area contributed by atoms with Gasteiger partial charge in [0.15, 0.2) is 0 Å². The van der Waals surface area contributed by atoms with Crippen LogP contribution in [-0.2, 0) is 12.0 Å². The van der Waals surface area contributed by atoms with Crippen molar-refractivity contribution in [2.75, 3.05) is 25.5 Å². The molecule has 0 saturated carbocycles. The Bertz CT molecular complexity index is 560. The maximum Gasteiger partial charge on any atom is 0.404 e.